The molecule has 0 saturated heterocycles. The third-order valence-corrected chi connectivity index (χ3v) is 6.28. The highest BCUT2D eigenvalue weighted by molar-refractivity contribution is 7.98. The largest absolute Gasteiger partial charge is 0.351 e. The first-order valence-electron chi connectivity index (χ1n) is 4.16. The normalized spacial score (nSPS) is 15.5. The van der Waals surface area contributed by atoms with E-state index in [-0.39, 0.29) is 0 Å². The molecule has 0 aromatic heterocycles. The molecule has 0 amide bonds. The lowest BCUT2D eigenvalue weighted by atomic mass is 10.4. The second-order valence-electron chi connectivity index (χ2n) is 3.06. The third-order valence-electron chi connectivity index (χ3n) is 1.43. The van der Waals surface area contributed by atoms with Crippen molar-refractivity contribution in [3.8, 4) is 0 Å². The van der Waals surface area contributed by atoms with Crippen molar-refractivity contribution in [3.05, 3.63) is 29.3 Å². The highest BCUT2D eigenvalue weighted by Gasteiger charge is 2.31. The molecule has 0 aliphatic carbocycles. The molecule has 1 atom stereocenters. The summed E-state index contributed by atoms with van der Waals surface area (Å²) >= 11 is 6.19. The number of benzene rings is 1. The van der Waals surface area contributed by atoms with Crippen LogP contribution in [0.25, 0.3) is 0 Å². The van der Waals surface area contributed by atoms with Crippen LogP contribution >= 0.6 is 38.8 Å². The topological polar surface area (TPSA) is 104 Å². The lowest BCUT2D eigenvalue weighted by Crippen LogP contribution is -1.91. The van der Waals surface area contributed by atoms with E-state index in [1.165, 1.54) is 0 Å². The van der Waals surface area contributed by atoms with Crippen molar-refractivity contribution in [1.29, 1.82) is 0 Å². The highest BCUT2D eigenvalue weighted by Crippen LogP contribution is 2.58. The Labute approximate surface area is 107 Å². The van der Waals surface area contributed by atoms with Crippen molar-refractivity contribution >= 4 is 38.8 Å². The average Bonchev–Trinajstić information content (AvgIpc) is 2.13. The van der Waals surface area contributed by atoms with E-state index < -0.39 is 21.1 Å². The van der Waals surface area contributed by atoms with Crippen LogP contribution < -0.4 is 0 Å². The predicted octanol–water partition coefficient (Wildman–Crippen LogP) is 2.68. The molecule has 17 heavy (non-hydrogen) atoms. The van der Waals surface area contributed by atoms with E-state index in [0.29, 0.717) is 22.0 Å². The van der Waals surface area contributed by atoms with Gasteiger partial charge in [0.1, 0.15) is 0 Å². The zero-order valence-corrected chi connectivity index (χ0v) is 11.6. The third kappa shape index (κ3) is 6.60. The summed E-state index contributed by atoms with van der Waals surface area (Å²) in [6.45, 7) is 0. The zero-order chi connectivity index (χ0) is 13.1. The Morgan fingerprint density at radius 2 is 1.71 bits per heavy atom. The first-order valence-corrected chi connectivity index (χ1v) is 8.84. The van der Waals surface area contributed by atoms with Crippen LogP contribution in [0.3, 0.4) is 0 Å². The smallest absolute Gasteiger partial charge is 0.324 e. The molecule has 0 saturated carbocycles. The first kappa shape index (κ1) is 15.2. The van der Waals surface area contributed by atoms with Gasteiger partial charge < -0.3 is 14.7 Å². The van der Waals surface area contributed by atoms with Crippen LogP contribution in [-0.4, -0.2) is 20.6 Å². The molecule has 10 heteroatoms. The van der Waals surface area contributed by atoms with Crippen LogP contribution in [0.2, 0.25) is 5.02 Å². The van der Waals surface area contributed by atoms with Crippen LogP contribution in [0.15, 0.2) is 29.2 Å². The van der Waals surface area contributed by atoms with E-state index in [1.807, 2.05) is 0 Å². The van der Waals surface area contributed by atoms with E-state index in [4.69, 9.17) is 26.3 Å². The summed E-state index contributed by atoms with van der Waals surface area (Å²) in [4.78, 5) is 26.8. The van der Waals surface area contributed by atoms with Gasteiger partial charge in [-0.25, -0.2) is 3.97 Å². The number of hydrogen-bond acceptors (Lipinski definition) is 4. The number of rotatable bonds is 5. The van der Waals surface area contributed by atoms with Gasteiger partial charge in [-0.2, -0.15) is 0 Å². The summed E-state index contributed by atoms with van der Waals surface area (Å²) in [5.41, 5.74) is 0. The standard InChI is InChI=1S/C7H9ClO6P2S/c8-6-1-3-7(4-2-6)17-14-16(12,13)5-15(9,10)11/h1-4H,5H2,(H,12,13)(H2,9,10,11). The van der Waals surface area contributed by atoms with E-state index in [9.17, 15) is 9.13 Å². The Morgan fingerprint density at radius 1 is 1.18 bits per heavy atom. The molecule has 0 radical (unpaired) electrons. The molecule has 0 fully saturated rings. The molecule has 0 aliphatic rings. The molecule has 0 bridgehead atoms. The van der Waals surface area contributed by atoms with Crippen LogP contribution in [0.4, 0.5) is 0 Å². The van der Waals surface area contributed by atoms with E-state index in [0.717, 1.165) is 0 Å². The van der Waals surface area contributed by atoms with Crippen molar-refractivity contribution < 1.29 is 27.8 Å². The molecular formula is C7H9ClO6P2S. The molecule has 3 N–H and O–H groups in total. The monoisotopic (exact) mass is 318 g/mol. The van der Waals surface area contributed by atoms with Gasteiger partial charge in [0, 0.05) is 22.0 Å². The van der Waals surface area contributed by atoms with Crippen molar-refractivity contribution in [3.63, 3.8) is 0 Å². The quantitative estimate of drug-likeness (QED) is 0.566. The number of hydrogen-bond donors (Lipinski definition) is 3. The fourth-order valence-electron chi connectivity index (χ4n) is 0.848. The summed E-state index contributed by atoms with van der Waals surface area (Å²) < 4.78 is 26.3. The van der Waals surface area contributed by atoms with Gasteiger partial charge in [-0.3, -0.25) is 9.13 Å². The zero-order valence-electron chi connectivity index (χ0n) is 8.26. The maximum absolute atomic E-state index is 11.3. The second-order valence-corrected chi connectivity index (χ2v) is 8.46. The lowest BCUT2D eigenvalue weighted by molar-refractivity contribution is 0.367. The maximum atomic E-state index is 11.3. The minimum absolute atomic E-state index is 0.495. The highest BCUT2D eigenvalue weighted by atomic mass is 35.5. The summed E-state index contributed by atoms with van der Waals surface area (Å²) in [6.07, 6.45) is 0. The summed E-state index contributed by atoms with van der Waals surface area (Å²) in [5, 5.41) is 0.497. The van der Waals surface area contributed by atoms with Gasteiger partial charge in [0.2, 0.25) is 0 Å². The van der Waals surface area contributed by atoms with Crippen molar-refractivity contribution in [2.75, 3.05) is 5.90 Å². The molecule has 0 heterocycles. The maximum Gasteiger partial charge on any atom is 0.351 e. The Hall–Kier alpha value is 0.160. The Kier molecular flexibility index (Phi) is 5.25. The van der Waals surface area contributed by atoms with Crippen molar-refractivity contribution in [2.45, 2.75) is 4.90 Å². The van der Waals surface area contributed by atoms with Crippen LogP contribution in [0.5, 0.6) is 0 Å². The van der Waals surface area contributed by atoms with Crippen LogP contribution in [-0.2, 0) is 13.1 Å². The second kappa shape index (κ2) is 5.87. The van der Waals surface area contributed by atoms with Gasteiger partial charge in [-0.05, 0) is 24.3 Å². The van der Waals surface area contributed by atoms with Gasteiger partial charge in [-0.15, -0.1) is 0 Å². The van der Waals surface area contributed by atoms with E-state index in [1.54, 1.807) is 24.3 Å². The van der Waals surface area contributed by atoms with E-state index in [2.05, 4.69) is 3.97 Å². The van der Waals surface area contributed by atoms with Gasteiger partial charge in [0.15, 0.2) is 5.90 Å². The Morgan fingerprint density at radius 3 is 2.18 bits per heavy atom. The summed E-state index contributed by atoms with van der Waals surface area (Å²) in [5.74, 6) is -1.21. The minimum atomic E-state index is -4.59. The molecule has 96 valence electrons. The molecule has 1 rings (SSSR count). The van der Waals surface area contributed by atoms with Gasteiger partial charge >= 0.3 is 15.2 Å². The van der Waals surface area contributed by atoms with Gasteiger partial charge in [-0.1, -0.05) is 11.6 Å². The summed E-state index contributed by atoms with van der Waals surface area (Å²) in [7, 11) is -8.91. The predicted molar refractivity (Wildman–Crippen MR) is 65.1 cm³/mol. The molecule has 0 aliphatic heterocycles. The molecule has 1 aromatic rings. The Bertz CT molecular complexity index is 472. The molecular weight excluding hydrogens is 310 g/mol. The fraction of sp³-hybridized carbons (Fsp3) is 0.143. The lowest BCUT2D eigenvalue weighted by Gasteiger charge is -2.11. The van der Waals surface area contributed by atoms with Gasteiger partial charge in [0.05, 0.1) is 0 Å². The Balaban J connectivity index is 2.58. The molecule has 1 aromatic carbocycles. The molecule has 1 unspecified atom stereocenters. The number of halogens is 1. The van der Waals surface area contributed by atoms with Crippen molar-refractivity contribution in [1.82, 2.24) is 0 Å². The van der Waals surface area contributed by atoms with Crippen LogP contribution in [0.1, 0.15) is 0 Å². The fourth-order valence-corrected chi connectivity index (χ4v) is 4.51. The average molecular weight is 319 g/mol. The van der Waals surface area contributed by atoms with Crippen LogP contribution in [0, 0.1) is 0 Å². The molecule has 6 nitrogen and oxygen atoms in total. The SMILES string of the molecule is O=P(O)(O)CP(=O)(O)OSc1ccc(Cl)cc1. The van der Waals surface area contributed by atoms with E-state index >= 15 is 0 Å². The van der Waals surface area contributed by atoms with Gasteiger partial charge in [0.25, 0.3) is 0 Å². The van der Waals surface area contributed by atoms with Crippen molar-refractivity contribution in [2.24, 2.45) is 0 Å². The minimum Gasteiger partial charge on any atom is -0.324 e. The first-order chi connectivity index (χ1) is 7.68. The summed E-state index contributed by atoms with van der Waals surface area (Å²) in [6, 6.07) is 6.20. The molecule has 0 spiro atoms.